The molecule has 0 amide bonds. The van der Waals surface area contributed by atoms with E-state index in [0.717, 1.165) is 5.56 Å². The highest BCUT2D eigenvalue weighted by molar-refractivity contribution is 5.90. The van der Waals surface area contributed by atoms with Gasteiger partial charge in [0.2, 0.25) is 0 Å². The van der Waals surface area contributed by atoms with Crippen LogP contribution in [0.5, 0.6) is 0 Å². The van der Waals surface area contributed by atoms with Gasteiger partial charge in [0.15, 0.2) is 0 Å². The maximum absolute atomic E-state index is 12.4. The lowest BCUT2D eigenvalue weighted by Crippen LogP contribution is -2.30. The number of carbonyl (C=O) groups excluding carboxylic acids is 2. The molecule has 194 valence electrons. The first-order valence-electron chi connectivity index (χ1n) is 11.6. The van der Waals surface area contributed by atoms with Crippen LogP contribution in [0.2, 0.25) is 0 Å². The first-order valence-corrected chi connectivity index (χ1v) is 11.6. The number of anilines is 2. The van der Waals surface area contributed by atoms with Crippen molar-refractivity contribution in [3.05, 3.63) is 65.2 Å². The topological polar surface area (TPSA) is 114 Å². The minimum atomic E-state index is -4.35. The minimum absolute atomic E-state index is 0.151. The molecule has 0 aliphatic heterocycles. The van der Waals surface area contributed by atoms with E-state index < -0.39 is 30.8 Å². The van der Waals surface area contributed by atoms with Crippen molar-refractivity contribution >= 4 is 29.4 Å². The van der Waals surface area contributed by atoms with Crippen LogP contribution in [0, 0.1) is 0 Å². The molecule has 0 aromatic heterocycles. The fourth-order valence-electron chi connectivity index (χ4n) is 3.79. The molecule has 4 N–H and O–H groups in total. The lowest BCUT2D eigenvalue weighted by atomic mass is 9.95. The molecule has 2 aromatic carbocycles. The highest BCUT2D eigenvalue weighted by Gasteiger charge is 2.31. The monoisotopic (exact) mass is 506 g/mol. The maximum Gasteiger partial charge on any atom is 0.411 e. The zero-order chi connectivity index (χ0) is 26.1. The predicted octanol–water partition coefficient (Wildman–Crippen LogP) is 4.70. The fourth-order valence-corrected chi connectivity index (χ4v) is 3.79. The Labute approximate surface area is 207 Å². The van der Waals surface area contributed by atoms with Crippen molar-refractivity contribution in [1.82, 2.24) is 0 Å². The van der Waals surface area contributed by atoms with Crippen molar-refractivity contribution in [2.24, 2.45) is 0 Å². The smallest absolute Gasteiger partial charge is 0.411 e. The van der Waals surface area contributed by atoms with E-state index in [9.17, 15) is 22.8 Å². The third kappa shape index (κ3) is 8.92. The van der Waals surface area contributed by atoms with Gasteiger partial charge in [-0.2, -0.15) is 13.2 Å². The van der Waals surface area contributed by atoms with Gasteiger partial charge in [-0.3, -0.25) is 0 Å². The van der Waals surface area contributed by atoms with Crippen LogP contribution in [0.4, 0.5) is 24.5 Å². The quantitative estimate of drug-likeness (QED) is 0.288. The lowest BCUT2D eigenvalue weighted by Gasteiger charge is -2.28. The molecule has 0 unspecified atom stereocenters. The van der Waals surface area contributed by atoms with Crippen molar-refractivity contribution in [3.8, 4) is 0 Å². The van der Waals surface area contributed by atoms with E-state index in [4.69, 9.17) is 25.7 Å². The second-order valence-electron chi connectivity index (χ2n) is 8.56. The Kier molecular flexibility index (Phi) is 9.35. The number of nitrogens with two attached hydrogens (primary N) is 2. The average Bonchev–Trinajstić information content (AvgIpc) is 2.84. The highest BCUT2D eigenvalue weighted by Crippen LogP contribution is 2.26. The van der Waals surface area contributed by atoms with Crippen LogP contribution in [-0.2, 0) is 25.4 Å². The molecule has 0 spiro atoms. The Morgan fingerprint density at radius 1 is 0.972 bits per heavy atom. The molecule has 1 saturated carbocycles. The molecule has 1 fully saturated rings. The Balaban J connectivity index is 1.39. The van der Waals surface area contributed by atoms with Crippen LogP contribution in [-0.4, -0.2) is 43.5 Å². The normalized spacial score (nSPS) is 18.2. The number of alkyl halides is 3. The Morgan fingerprint density at radius 2 is 1.64 bits per heavy atom. The van der Waals surface area contributed by atoms with E-state index in [1.165, 1.54) is 6.08 Å². The van der Waals surface area contributed by atoms with Gasteiger partial charge in [-0.1, -0.05) is 12.1 Å². The van der Waals surface area contributed by atoms with Crippen LogP contribution in [0.1, 0.15) is 47.2 Å². The summed E-state index contributed by atoms with van der Waals surface area (Å²) in [5.74, 6) is -1.03. The van der Waals surface area contributed by atoms with Gasteiger partial charge in [0.1, 0.15) is 12.7 Å². The van der Waals surface area contributed by atoms with Crippen molar-refractivity contribution in [1.29, 1.82) is 0 Å². The van der Waals surface area contributed by atoms with Crippen LogP contribution in [0.3, 0.4) is 0 Å². The second-order valence-corrected chi connectivity index (χ2v) is 8.56. The zero-order valence-electron chi connectivity index (χ0n) is 19.6. The second kappa shape index (κ2) is 12.4. The molecule has 1 aliphatic rings. The molecule has 2 aromatic rings. The molecule has 1 aliphatic carbocycles. The predicted molar refractivity (Wildman–Crippen MR) is 129 cm³/mol. The number of hydrogen-bond donors (Lipinski definition) is 2. The van der Waals surface area contributed by atoms with Gasteiger partial charge in [0, 0.05) is 23.9 Å². The molecule has 3 rings (SSSR count). The Morgan fingerprint density at radius 3 is 2.31 bits per heavy atom. The van der Waals surface area contributed by atoms with E-state index in [2.05, 4.69) is 0 Å². The number of esters is 2. The molecule has 0 atom stereocenters. The van der Waals surface area contributed by atoms with E-state index in [1.807, 2.05) is 0 Å². The third-order valence-corrected chi connectivity index (χ3v) is 5.72. The minimum Gasteiger partial charge on any atom is -0.462 e. The fraction of sp³-hybridized carbons (Fsp3) is 0.385. The van der Waals surface area contributed by atoms with Gasteiger partial charge in [-0.15, -0.1) is 0 Å². The number of hydrogen-bond acceptors (Lipinski definition) is 7. The van der Waals surface area contributed by atoms with Crippen LogP contribution < -0.4 is 11.5 Å². The summed E-state index contributed by atoms with van der Waals surface area (Å²) in [5, 5.41) is 0. The summed E-state index contributed by atoms with van der Waals surface area (Å²) in [6, 6.07) is 11.6. The summed E-state index contributed by atoms with van der Waals surface area (Å²) in [6.07, 6.45) is -0.198. The SMILES string of the molecule is Nc1ccc(N)c(CCOC(=O)/C=C/c2ccc(C(=O)OC3CCC(OCC(F)(F)F)CC3)cc2)c1. The standard InChI is InChI=1S/C26H29F3N2O5/c27-26(28,29)16-35-21-7-9-22(10-8-21)36-25(33)18-4-1-17(2-5-18)3-12-24(32)34-14-13-19-15-20(30)6-11-23(19)31/h1-6,11-12,15,21-22H,7-10,13-14,16,30-31H2/b12-3+. The van der Waals surface area contributed by atoms with E-state index in [1.54, 1.807) is 48.5 Å². The third-order valence-electron chi connectivity index (χ3n) is 5.72. The Bertz CT molecular complexity index is 1060. The lowest BCUT2D eigenvalue weighted by molar-refractivity contribution is -0.189. The molecule has 0 bridgehead atoms. The summed E-state index contributed by atoms with van der Waals surface area (Å²) in [4.78, 5) is 24.4. The number of ether oxygens (including phenoxy) is 3. The van der Waals surface area contributed by atoms with Gasteiger partial charge in [0.05, 0.1) is 18.3 Å². The summed E-state index contributed by atoms with van der Waals surface area (Å²) < 4.78 is 52.3. The maximum atomic E-state index is 12.4. The van der Waals surface area contributed by atoms with Crippen molar-refractivity contribution in [2.45, 2.75) is 50.5 Å². The van der Waals surface area contributed by atoms with Crippen molar-refractivity contribution < 1.29 is 37.0 Å². The zero-order valence-corrected chi connectivity index (χ0v) is 19.6. The van der Waals surface area contributed by atoms with Gasteiger partial charge < -0.3 is 25.7 Å². The van der Waals surface area contributed by atoms with E-state index >= 15 is 0 Å². The number of nitrogen functional groups attached to an aromatic ring is 2. The molecule has 7 nitrogen and oxygen atoms in total. The first kappa shape index (κ1) is 27.1. The van der Waals surface area contributed by atoms with Crippen LogP contribution in [0.15, 0.2) is 48.5 Å². The summed E-state index contributed by atoms with van der Waals surface area (Å²) >= 11 is 0. The van der Waals surface area contributed by atoms with Gasteiger partial charge in [-0.05, 0) is 73.2 Å². The van der Waals surface area contributed by atoms with Gasteiger partial charge in [0.25, 0.3) is 0 Å². The number of rotatable bonds is 9. The van der Waals surface area contributed by atoms with E-state index in [-0.39, 0.29) is 12.7 Å². The molecule has 10 heteroatoms. The van der Waals surface area contributed by atoms with Crippen LogP contribution in [0.25, 0.3) is 6.08 Å². The molecular formula is C26H29F3N2O5. The number of halogens is 3. The largest absolute Gasteiger partial charge is 0.462 e. The number of benzene rings is 2. The molecule has 36 heavy (non-hydrogen) atoms. The molecule has 0 radical (unpaired) electrons. The first-order chi connectivity index (χ1) is 17.1. The molecule has 0 heterocycles. The van der Waals surface area contributed by atoms with E-state index in [0.29, 0.717) is 54.6 Å². The van der Waals surface area contributed by atoms with Gasteiger partial charge >= 0.3 is 18.1 Å². The van der Waals surface area contributed by atoms with Crippen molar-refractivity contribution in [2.75, 3.05) is 24.7 Å². The summed E-state index contributed by atoms with van der Waals surface area (Å²) in [6.45, 7) is -1.11. The Hall–Kier alpha value is -3.53. The molecular weight excluding hydrogens is 477 g/mol. The molecule has 0 saturated heterocycles. The number of carbonyl (C=O) groups is 2. The summed E-state index contributed by atoms with van der Waals surface area (Å²) in [5.41, 5.74) is 14.6. The van der Waals surface area contributed by atoms with Crippen LogP contribution >= 0.6 is 0 Å². The average molecular weight is 507 g/mol. The summed E-state index contributed by atoms with van der Waals surface area (Å²) in [7, 11) is 0. The van der Waals surface area contributed by atoms with Crippen molar-refractivity contribution in [3.63, 3.8) is 0 Å². The highest BCUT2D eigenvalue weighted by atomic mass is 19.4. The van der Waals surface area contributed by atoms with Gasteiger partial charge in [-0.25, -0.2) is 9.59 Å².